The molecule has 2 fully saturated rings. The number of nitrogens with zero attached hydrogens (tertiary/aromatic N) is 3. The van der Waals surface area contributed by atoms with Crippen molar-refractivity contribution in [3.63, 3.8) is 0 Å². The molecule has 5 nitrogen and oxygen atoms in total. The molecule has 5 heteroatoms. The first-order valence-corrected chi connectivity index (χ1v) is 7.22. The van der Waals surface area contributed by atoms with Gasteiger partial charge in [-0.15, -0.1) is 0 Å². The van der Waals surface area contributed by atoms with Crippen molar-refractivity contribution >= 4 is 11.6 Å². The minimum Gasteiger partial charge on any atom is -0.495 e. The van der Waals surface area contributed by atoms with Gasteiger partial charge in [0.2, 0.25) is 5.91 Å². The fraction of sp³-hybridized carbons (Fsp3) is 0.600. The molecule has 2 saturated heterocycles. The first-order chi connectivity index (χ1) is 9.69. The molecule has 1 amide bonds. The number of carbonyl (C=O) groups excluding carboxylic acids is 1. The van der Waals surface area contributed by atoms with Gasteiger partial charge in [0.15, 0.2) is 0 Å². The molecule has 0 saturated carbocycles. The van der Waals surface area contributed by atoms with Gasteiger partial charge in [0.25, 0.3) is 0 Å². The van der Waals surface area contributed by atoms with Gasteiger partial charge >= 0.3 is 0 Å². The molecule has 2 aliphatic rings. The van der Waals surface area contributed by atoms with Crippen molar-refractivity contribution in [3.05, 3.63) is 18.5 Å². The minimum atomic E-state index is 0.182. The lowest BCUT2D eigenvalue weighted by molar-refractivity contribution is -0.129. The SMILES string of the molecule is COc1cncc(N2C3CCC2CN(C(C)=O)CC3)c1. The van der Waals surface area contributed by atoms with E-state index in [1.807, 2.05) is 17.2 Å². The third-order valence-electron chi connectivity index (χ3n) is 4.46. The van der Waals surface area contributed by atoms with Gasteiger partial charge in [0.1, 0.15) is 5.75 Å². The van der Waals surface area contributed by atoms with Crippen LogP contribution in [0.5, 0.6) is 5.75 Å². The number of likely N-dealkylation sites (tertiary alicyclic amines) is 1. The van der Waals surface area contributed by atoms with Gasteiger partial charge in [0.05, 0.1) is 25.2 Å². The average molecular weight is 275 g/mol. The van der Waals surface area contributed by atoms with E-state index in [4.69, 9.17) is 4.74 Å². The molecule has 2 atom stereocenters. The number of amides is 1. The van der Waals surface area contributed by atoms with E-state index in [0.29, 0.717) is 12.1 Å². The van der Waals surface area contributed by atoms with E-state index in [0.717, 1.165) is 37.4 Å². The van der Waals surface area contributed by atoms with Crippen molar-refractivity contribution in [2.24, 2.45) is 0 Å². The van der Waals surface area contributed by atoms with E-state index in [1.165, 1.54) is 6.42 Å². The molecule has 0 spiro atoms. The van der Waals surface area contributed by atoms with E-state index in [2.05, 4.69) is 9.88 Å². The summed E-state index contributed by atoms with van der Waals surface area (Å²) in [5, 5.41) is 0. The fourth-order valence-electron chi connectivity index (χ4n) is 3.44. The van der Waals surface area contributed by atoms with E-state index in [9.17, 15) is 4.79 Å². The molecule has 3 heterocycles. The Kier molecular flexibility index (Phi) is 3.51. The maximum Gasteiger partial charge on any atom is 0.219 e. The molecule has 108 valence electrons. The quantitative estimate of drug-likeness (QED) is 0.824. The van der Waals surface area contributed by atoms with Crippen LogP contribution in [0, 0.1) is 0 Å². The Morgan fingerprint density at radius 2 is 2.10 bits per heavy atom. The Hall–Kier alpha value is -1.78. The Morgan fingerprint density at radius 1 is 1.30 bits per heavy atom. The molecule has 2 unspecified atom stereocenters. The van der Waals surface area contributed by atoms with Crippen LogP contribution in [0.3, 0.4) is 0 Å². The van der Waals surface area contributed by atoms with Gasteiger partial charge in [-0.25, -0.2) is 0 Å². The third kappa shape index (κ3) is 2.32. The van der Waals surface area contributed by atoms with Crippen molar-refractivity contribution < 1.29 is 9.53 Å². The van der Waals surface area contributed by atoms with Crippen LogP contribution < -0.4 is 9.64 Å². The van der Waals surface area contributed by atoms with Crippen LogP contribution in [0.1, 0.15) is 26.2 Å². The summed E-state index contributed by atoms with van der Waals surface area (Å²) in [5.41, 5.74) is 1.11. The van der Waals surface area contributed by atoms with Crippen LogP contribution >= 0.6 is 0 Å². The van der Waals surface area contributed by atoms with Crippen molar-refractivity contribution in [3.8, 4) is 5.75 Å². The first-order valence-electron chi connectivity index (χ1n) is 7.22. The Morgan fingerprint density at radius 3 is 2.85 bits per heavy atom. The highest BCUT2D eigenvalue weighted by atomic mass is 16.5. The molecule has 2 aliphatic heterocycles. The zero-order valence-corrected chi connectivity index (χ0v) is 12.1. The third-order valence-corrected chi connectivity index (χ3v) is 4.46. The topological polar surface area (TPSA) is 45.7 Å². The number of anilines is 1. The smallest absolute Gasteiger partial charge is 0.219 e. The molecule has 0 aliphatic carbocycles. The van der Waals surface area contributed by atoms with Crippen LogP contribution in [0.15, 0.2) is 18.5 Å². The lowest BCUT2D eigenvalue weighted by Crippen LogP contribution is -2.40. The van der Waals surface area contributed by atoms with E-state index >= 15 is 0 Å². The number of ether oxygens (including phenoxy) is 1. The van der Waals surface area contributed by atoms with Gasteiger partial charge in [0, 0.05) is 38.2 Å². The highest BCUT2D eigenvalue weighted by Crippen LogP contribution is 2.35. The molecule has 20 heavy (non-hydrogen) atoms. The lowest BCUT2D eigenvalue weighted by atomic mass is 10.1. The molecule has 0 radical (unpaired) electrons. The van der Waals surface area contributed by atoms with Gasteiger partial charge in [-0.1, -0.05) is 0 Å². The minimum absolute atomic E-state index is 0.182. The zero-order chi connectivity index (χ0) is 14.1. The monoisotopic (exact) mass is 275 g/mol. The molecule has 1 aromatic heterocycles. The molecular weight excluding hydrogens is 254 g/mol. The summed E-state index contributed by atoms with van der Waals surface area (Å²) in [6.45, 7) is 3.35. The summed E-state index contributed by atoms with van der Waals surface area (Å²) in [4.78, 5) is 20.3. The number of aromatic nitrogens is 1. The number of pyridine rings is 1. The highest BCUT2D eigenvalue weighted by Gasteiger charge is 2.38. The maximum atomic E-state index is 11.6. The lowest BCUT2D eigenvalue weighted by Gasteiger charge is -2.30. The van der Waals surface area contributed by atoms with Crippen LogP contribution in [0.25, 0.3) is 0 Å². The van der Waals surface area contributed by atoms with Crippen molar-refractivity contribution in [1.82, 2.24) is 9.88 Å². The standard InChI is InChI=1S/C15H21N3O2/c1-11(19)17-6-5-12-3-4-13(10-17)18(12)14-7-15(20-2)9-16-8-14/h7-9,12-13H,3-6,10H2,1-2H3. The van der Waals surface area contributed by atoms with Gasteiger partial charge in [-0.2, -0.15) is 0 Å². The number of methoxy groups -OCH3 is 1. The number of hydrogen-bond donors (Lipinski definition) is 0. The predicted molar refractivity (Wildman–Crippen MR) is 76.9 cm³/mol. The zero-order valence-electron chi connectivity index (χ0n) is 12.1. The van der Waals surface area contributed by atoms with Crippen molar-refractivity contribution in [1.29, 1.82) is 0 Å². The van der Waals surface area contributed by atoms with Crippen LogP contribution in [-0.4, -0.2) is 48.1 Å². The molecule has 0 aromatic carbocycles. The van der Waals surface area contributed by atoms with Crippen molar-refractivity contribution in [2.75, 3.05) is 25.1 Å². The number of rotatable bonds is 2. The van der Waals surface area contributed by atoms with Gasteiger partial charge < -0.3 is 14.5 Å². The molecule has 2 bridgehead atoms. The summed E-state index contributed by atoms with van der Waals surface area (Å²) in [5.74, 6) is 0.968. The first kappa shape index (κ1) is 13.2. The second-order valence-electron chi connectivity index (χ2n) is 5.63. The molecule has 0 N–H and O–H groups in total. The normalized spacial score (nSPS) is 25.5. The molecule has 1 aromatic rings. The fourth-order valence-corrected chi connectivity index (χ4v) is 3.44. The van der Waals surface area contributed by atoms with Crippen LogP contribution in [-0.2, 0) is 4.79 Å². The number of fused-ring (bicyclic) bond motifs is 2. The van der Waals surface area contributed by atoms with E-state index in [-0.39, 0.29) is 5.91 Å². The Labute approximate surface area is 119 Å². The maximum absolute atomic E-state index is 11.6. The summed E-state index contributed by atoms with van der Waals surface area (Å²) >= 11 is 0. The number of carbonyl (C=O) groups is 1. The van der Waals surface area contributed by atoms with E-state index < -0.39 is 0 Å². The average Bonchev–Trinajstić information content (AvgIpc) is 2.73. The van der Waals surface area contributed by atoms with Crippen LogP contribution in [0.4, 0.5) is 5.69 Å². The second kappa shape index (κ2) is 5.31. The largest absolute Gasteiger partial charge is 0.495 e. The highest BCUT2D eigenvalue weighted by molar-refractivity contribution is 5.73. The predicted octanol–water partition coefficient (Wildman–Crippen LogP) is 1.68. The van der Waals surface area contributed by atoms with Gasteiger partial charge in [-0.05, 0) is 19.3 Å². The van der Waals surface area contributed by atoms with Crippen LogP contribution in [0.2, 0.25) is 0 Å². The molecular formula is C15H21N3O2. The summed E-state index contributed by atoms with van der Waals surface area (Å²) in [6.07, 6.45) is 7.01. The van der Waals surface area contributed by atoms with E-state index in [1.54, 1.807) is 20.2 Å². The molecule has 3 rings (SSSR count). The Bertz CT molecular complexity index is 506. The summed E-state index contributed by atoms with van der Waals surface area (Å²) in [6, 6.07) is 2.96. The van der Waals surface area contributed by atoms with Gasteiger partial charge in [-0.3, -0.25) is 9.78 Å². The number of hydrogen-bond acceptors (Lipinski definition) is 4. The second-order valence-corrected chi connectivity index (χ2v) is 5.63. The summed E-state index contributed by atoms with van der Waals surface area (Å²) in [7, 11) is 1.66. The summed E-state index contributed by atoms with van der Waals surface area (Å²) < 4.78 is 5.27. The van der Waals surface area contributed by atoms with Crippen molar-refractivity contribution in [2.45, 2.75) is 38.3 Å². The Balaban J connectivity index is 1.87.